The number of halogens is 5. The number of alkyl halides is 3. The molecule has 11 heteroatoms. The molecule has 0 spiro atoms. The Hall–Kier alpha value is -4.15. The van der Waals surface area contributed by atoms with Gasteiger partial charge < -0.3 is 16.0 Å². The number of carbonyl (C=O) groups excluding carboxylic acids is 2. The van der Waals surface area contributed by atoms with Gasteiger partial charge in [-0.05, 0) is 48.9 Å². The van der Waals surface area contributed by atoms with Gasteiger partial charge in [-0.2, -0.15) is 13.2 Å². The lowest BCUT2D eigenvalue weighted by atomic mass is 10.1. The van der Waals surface area contributed by atoms with E-state index in [4.69, 9.17) is 0 Å². The molecule has 3 rings (SSSR count). The summed E-state index contributed by atoms with van der Waals surface area (Å²) in [6.07, 6.45) is -4.43. The molecule has 0 fully saturated rings. The summed E-state index contributed by atoms with van der Waals surface area (Å²) in [6.45, 7) is -0.0199. The van der Waals surface area contributed by atoms with E-state index in [1.54, 1.807) is 30.3 Å². The Morgan fingerprint density at radius 1 is 0.857 bits per heavy atom. The van der Waals surface area contributed by atoms with Crippen LogP contribution in [0.4, 0.5) is 48.6 Å². The number of nitrogens with zero attached hydrogens (tertiary/aromatic N) is 1. The van der Waals surface area contributed by atoms with E-state index in [2.05, 4.69) is 16.0 Å². The van der Waals surface area contributed by atoms with Gasteiger partial charge in [-0.1, -0.05) is 24.3 Å². The Kier molecular flexibility index (Phi) is 8.24. The fourth-order valence-electron chi connectivity index (χ4n) is 3.11. The van der Waals surface area contributed by atoms with Crippen molar-refractivity contribution in [2.75, 3.05) is 28.6 Å². The predicted molar refractivity (Wildman–Crippen MR) is 122 cm³/mol. The quantitative estimate of drug-likeness (QED) is 0.270. The Morgan fingerprint density at radius 2 is 1.60 bits per heavy atom. The summed E-state index contributed by atoms with van der Waals surface area (Å²) in [5.41, 5.74) is -0.664. The Labute approximate surface area is 197 Å². The highest BCUT2D eigenvalue weighted by Gasteiger charge is 2.31. The maximum atomic E-state index is 13.7. The summed E-state index contributed by atoms with van der Waals surface area (Å²) in [5, 5.41) is 7.31. The largest absolute Gasteiger partial charge is 0.416 e. The standard InChI is InChI=1S/C24H21F5N4O2/c25-17-10-11-21(20(26)15-17)32-22(34)30-12-5-13-33(23(35)31-18-7-2-1-3-8-18)19-9-4-6-16(14-19)24(27,28)29/h1-4,6-11,14-15H,5,12-13H2,(H,31,35)(H2,30,32,34). The van der Waals surface area contributed by atoms with Crippen LogP contribution in [0.1, 0.15) is 12.0 Å². The fourth-order valence-corrected chi connectivity index (χ4v) is 3.11. The zero-order valence-electron chi connectivity index (χ0n) is 18.2. The van der Waals surface area contributed by atoms with E-state index in [0.717, 1.165) is 29.2 Å². The van der Waals surface area contributed by atoms with Gasteiger partial charge in [0, 0.05) is 30.5 Å². The van der Waals surface area contributed by atoms with Crippen LogP contribution in [0.25, 0.3) is 0 Å². The number of para-hydroxylation sites is 1. The summed E-state index contributed by atoms with van der Waals surface area (Å²) >= 11 is 0. The van der Waals surface area contributed by atoms with Crippen molar-refractivity contribution in [1.29, 1.82) is 0 Å². The van der Waals surface area contributed by atoms with E-state index < -0.39 is 35.4 Å². The van der Waals surface area contributed by atoms with Crippen molar-refractivity contribution in [3.05, 3.63) is 90.0 Å². The van der Waals surface area contributed by atoms with Gasteiger partial charge in [0.15, 0.2) is 0 Å². The summed E-state index contributed by atoms with van der Waals surface area (Å²) in [5.74, 6) is -1.75. The third kappa shape index (κ3) is 7.42. The van der Waals surface area contributed by atoms with E-state index in [0.29, 0.717) is 11.8 Å². The first-order valence-corrected chi connectivity index (χ1v) is 10.4. The lowest BCUT2D eigenvalue weighted by Crippen LogP contribution is -2.38. The van der Waals surface area contributed by atoms with E-state index >= 15 is 0 Å². The monoisotopic (exact) mass is 492 g/mol. The minimum atomic E-state index is -4.59. The van der Waals surface area contributed by atoms with Crippen molar-refractivity contribution in [2.24, 2.45) is 0 Å². The second-order valence-corrected chi connectivity index (χ2v) is 7.35. The van der Waals surface area contributed by atoms with Crippen molar-refractivity contribution in [3.63, 3.8) is 0 Å². The Morgan fingerprint density at radius 3 is 2.29 bits per heavy atom. The molecule has 0 aliphatic heterocycles. The highest BCUT2D eigenvalue weighted by atomic mass is 19.4. The molecule has 6 nitrogen and oxygen atoms in total. The van der Waals surface area contributed by atoms with Crippen molar-refractivity contribution in [3.8, 4) is 0 Å². The van der Waals surface area contributed by atoms with Crippen LogP contribution in [0, 0.1) is 11.6 Å². The molecule has 184 valence electrons. The number of carbonyl (C=O) groups is 2. The molecule has 0 heterocycles. The zero-order chi connectivity index (χ0) is 25.4. The molecule has 0 aliphatic carbocycles. The molecule has 3 aromatic rings. The average molecular weight is 492 g/mol. The SMILES string of the molecule is O=C(NCCCN(C(=O)Nc1ccccc1)c1cccc(C(F)(F)F)c1)Nc1ccc(F)cc1F. The molecule has 3 aromatic carbocycles. The topological polar surface area (TPSA) is 73.5 Å². The van der Waals surface area contributed by atoms with Crippen LogP contribution in [0.2, 0.25) is 0 Å². The van der Waals surface area contributed by atoms with E-state index in [1.807, 2.05) is 0 Å². The fraction of sp³-hybridized carbons (Fsp3) is 0.167. The van der Waals surface area contributed by atoms with Crippen molar-refractivity contribution in [2.45, 2.75) is 12.6 Å². The number of hydrogen-bond acceptors (Lipinski definition) is 2. The number of hydrogen-bond donors (Lipinski definition) is 3. The lowest BCUT2D eigenvalue weighted by Gasteiger charge is -2.24. The van der Waals surface area contributed by atoms with Crippen LogP contribution in [-0.4, -0.2) is 25.2 Å². The average Bonchev–Trinajstić information content (AvgIpc) is 2.81. The van der Waals surface area contributed by atoms with Crippen LogP contribution in [0.15, 0.2) is 72.8 Å². The minimum Gasteiger partial charge on any atom is -0.338 e. The summed E-state index contributed by atoms with van der Waals surface area (Å²) < 4.78 is 66.2. The Bertz CT molecular complexity index is 1170. The molecule has 4 amide bonds. The van der Waals surface area contributed by atoms with Crippen LogP contribution in [-0.2, 0) is 6.18 Å². The smallest absolute Gasteiger partial charge is 0.338 e. The number of anilines is 3. The van der Waals surface area contributed by atoms with Gasteiger partial charge in [-0.3, -0.25) is 4.90 Å². The van der Waals surface area contributed by atoms with Gasteiger partial charge >= 0.3 is 18.2 Å². The number of urea groups is 2. The molecule has 0 saturated carbocycles. The lowest BCUT2D eigenvalue weighted by molar-refractivity contribution is -0.137. The predicted octanol–water partition coefficient (Wildman–Crippen LogP) is 6.23. The summed E-state index contributed by atoms with van der Waals surface area (Å²) in [7, 11) is 0. The van der Waals surface area contributed by atoms with Crippen LogP contribution >= 0.6 is 0 Å². The van der Waals surface area contributed by atoms with Gasteiger partial charge in [0.1, 0.15) is 11.6 Å². The first kappa shape index (κ1) is 25.5. The third-order valence-corrected chi connectivity index (χ3v) is 4.78. The number of benzene rings is 3. The number of nitrogens with one attached hydrogen (secondary N) is 3. The van der Waals surface area contributed by atoms with Gasteiger partial charge in [0.2, 0.25) is 0 Å². The van der Waals surface area contributed by atoms with Crippen LogP contribution < -0.4 is 20.9 Å². The second-order valence-electron chi connectivity index (χ2n) is 7.35. The summed E-state index contributed by atoms with van der Waals surface area (Å²) in [6, 6.07) is 14.0. The molecule has 0 bridgehead atoms. The molecule has 0 unspecified atom stereocenters. The molecule has 3 N–H and O–H groups in total. The van der Waals surface area contributed by atoms with Gasteiger partial charge in [0.25, 0.3) is 0 Å². The molecular formula is C24H21F5N4O2. The van der Waals surface area contributed by atoms with Crippen LogP contribution in [0.3, 0.4) is 0 Å². The third-order valence-electron chi connectivity index (χ3n) is 4.78. The van der Waals surface area contributed by atoms with Gasteiger partial charge in [-0.25, -0.2) is 18.4 Å². The second kappa shape index (κ2) is 11.3. The van der Waals surface area contributed by atoms with Gasteiger partial charge in [-0.15, -0.1) is 0 Å². The first-order valence-electron chi connectivity index (χ1n) is 10.4. The highest BCUT2D eigenvalue weighted by molar-refractivity contribution is 6.01. The van der Waals surface area contributed by atoms with E-state index in [1.165, 1.54) is 12.1 Å². The molecular weight excluding hydrogens is 471 g/mol. The zero-order valence-corrected chi connectivity index (χ0v) is 18.2. The normalized spacial score (nSPS) is 11.0. The molecule has 0 aromatic heterocycles. The summed E-state index contributed by atoms with van der Waals surface area (Å²) in [4.78, 5) is 26.0. The van der Waals surface area contributed by atoms with Crippen LogP contribution in [0.5, 0.6) is 0 Å². The maximum Gasteiger partial charge on any atom is 0.416 e. The van der Waals surface area contributed by atoms with Crippen molar-refractivity contribution < 1.29 is 31.5 Å². The molecule has 0 saturated heterocycles. The maximum absolute atomic E-state index is 13.7. The Balaban J connectivity index is 1.65. The molecule has 0 atom stereocenters. The molecule has 0 aliphatic rings. The number of amides is 4. The molecule has 0 radical (unpaired) electrons. The minimum absolute atomic E-state index is 0.0166. The van der Waals surface area contributed by atoms with Gasteiger partial charge in [0.05, 0.1) is 11.3 Å². The van der Waals surface area contributed by atoms with E-state index in [-0.39, 0.29) is 30.9 Å². The van der Waals surface area contributed by atoms with Crippen molar-refractivity contribution >= 4 is 29.1 Å². The van der Waals surface area contributed by atoms with Crippen molar-refractivity contribution in [1.82, 2.24) is 5.32 Å². The molecule has 35 heavy (non-hydrogen) atoms. The first-order chi connectivity index (χ1) is 16.6. The number of rotatable bonds is 7. The highest BCUT2D eigenvalue weighted by Crippen LogP contribution is 2.32. The van der Waals surface area contributed by atoms with E-state index in [9.17, 15) is 31.5 Å².